The van der Waals surface area contributed by atoms with E-state index in [0.717, 1.165) is 0 Å². The summed E-state index contributed by atoms with van der Waals surface area (Å²) in [6, 6.07) is 0.170. The first kappa shape index (κ1) is 12.0. The average molecular weight is 216 g/mol. The summed E-state index contributed by atoms with van der Waals surface area (Å²) in [6.45, 7) is 3.54. The van der Waals surface area contributed by atoms with E-state index < -0.39 is 5.92 Å². The van der Waals surface area contributed by atoms with Crippen LogP contribution in [0.4, 0.5) is 8.78 Å². The molecule has 15 heavy (non-hydrogen) atoms. The molecular weight excluding hydrogens is 198 g/mol. The lowest BCUT2D eigenvalue weighted by atomic mass is 9.91. The van der Waals surface area contributed by atoms with Crippen LogP contribution in [0.15, 0.2) is 24.6 Å². The van der Waals surface area contributed by atoms with Crippen molar-refractivity contribution in [3.05, 3.63) is 24.6 Å². The van der Waals surface area contributed by atoms with Gasteiger partial charge in [-0.25, -0.2) is 8.78 Å². The summed E-state index contributed by atoms with van der Waals surface area (Å²) < 4.78 is 25.8. The molecule has 0 aromatic carbocycles. The number of hydrogen-bond donors (Lipinski definition) is 1. The standard InChI is InChI=1S/C11H18F2N2/c1-3-9(14)8-15(2)10-4-6-11(12,13)7-5-10/h3,8,10H,1,4-7,14H2,2H3/b9-8+. The molecule has 1 fully saturated rings. The summed E-state index contributed by atoms with van der Waals surface area (Å²) in [7, 11) is 1.87. The van der Waals surface area contributed by atoms with Gasteiger partial charge in [0, 0.05) is 37.8 Å². The van der Waals surface area contributed by atoms with Gasteiger partial charge in [0.05, 0.1) is 0 Å². The number of nitrogens with two attached hydrogens (primary N) is 1. The number of rotatable bonds is 3. The van der Waals surface area contributed by atoms with Crippen molar-refractivity contribution >= 4 is 0 Å². The molecule has 2 N–H and O–H groups in total. The van der Waals surface area contributed by atoms with Crippen LogP contribution in [0.5, 0.6) is 0 Å². The molecule has 0 aliphatic heterocycles. The molecule has 1 aliphatic carbocycles. The third-order valence-electron chi connectivity index (χ3n) is 2.85. The third-order valence-corrected chi connectivity index (χ3v) is 2.85. The van der Waals surface area contributed by atoms with Gasteiger partial charge in [0.1, 0.15) is 0 Å². The summed E-state index contributed by atoms with van der Waals surface area (Å²) in [6.07, 6.45) is 4.29. The minimum Gasteiger partial charge on any atom is -0.398 e. The van der Waals surface area contributed by atoms with Gasteiger partial charge in [-0.2, -0.15) is 0 Å². The summed E-state index contributed by atoms with van der Waals surface area (Å²) in [5, 5.41) is 0. The maximum Gasteiger partial charge on any atom is 0.248 e. The quantitative estimate of drug-likeness (QED) is 0.734. The lowest BCUT2D eigenvalue weighted by Crippen LogP contribution is -2.36. The van der Waals surface area contributed by atoms with E-state index >= 15 is 0 Å². The predicted molar refractivity (Wildman–Crippen MR) is 57.4 cm³/mol. The Hall–Kier alpha value is -1.06. The van der Waals surface area contributed by atoms with Crippen LogP contribution in [0.1, 0.15) is 25.7 Å². The van der Waals surface area contributed by atoms with Crippen LogP contribution in [0.3, 0.4) is 0 Å². The Morgan fingerprint density at radius 2 is 2.00 bits per heavy atom. The van der Waals surface area contributed by atoms with E-state index in [9.17, 15) is 8.78 Å². The fourth-order valence-corrected chi connectivity index (χ4v) is 1.83. The average Bonchev–Trinajstić information content (AvgIpc) is 2.17. The molecule has 2 nitrogen and oxygen atoms in total. The fraction of sp³-hybridized carbons (Fsp3) is 0.636. The van der Waals surface area contributed by atoms with Crippen LogP contribution in [0.25, 0.3) is 0 Å². The summed E-state index contributed by atoms with van der Waals surface area (Å²) >= 11 is 0. The number of alkyl halides is 2. The summed E-state index contributed by atoms with van der Waals surface area (Å²) in [4.78, 5) is 1.91. The Morgan fingerprint density at radius 1 is 1.47 bits per heavy atom. The van der Waals surface area contributed by atoms with Crippen molar-refractivity contribution in [2.24, 2.45) is 5.73 Å². The van der Waals surface area contributed by atoms with Gasteiger partial charge in [0.25, 0.3) is 0 Å². The van der Waals surface area contributed by atoms with Crippen LogP contribution >= 0.6 is 0 Å². The molecule has 0 spiro atoms. The van der Waals surface area contributed by atoms with Gasteiger partial charge in [0.15, 0.2) is 0 Å². The van der Waals surface area contributed by atoms with Crippen molar-refractivity contribution in [1.82, 2.24) is 4.90 Å². The van der Waals surface area contributed by atoms with Gasteiger partial charge in [-0.1, -0.05) is 6.58 Å². The lowest BCUT2D eigenvalue weighted by Gasteiger charge is -2.34. The Labute approximate surface area is 89.4 Å². The largest absolute Gasteiger partial charge is 0.398 e. The molecule has 1 saturated carbocycles. The highest BCUT2D eigenvalue weighted by Gasteiger charge is 2.35. The van der Waals surface area contributed by atoms with Gasteiger partial charge in [-0.05, 0) is 18.9 Å². The molecule has 0 aromatic heterocycles. The molecule has 1 aliphatic rings. The van der Waals surface area contributed by atoms with Gasteiger partial charge >= 0.3 is 0 Å². The van der Waals surface area contributed by atoms with E-state index in [0.29, 0.717) is 18.5 Å². The molecule has 0 atom stereocenters. The topological polar surface area (TPSA) is 29.3 Å². The maximum atomic E-state index is 12.9. The molecule has 0 bridgehead atoms. The predicted octanol–water partition coefficient (Wildman–Crippen LogP) is 2.48. The van der Waals surface area contributed by atoms with Crippen LogP contribution in [0.2, 0.25) is 0 Å². The highest BCUT2D eigenvalue weighted by atomic mass is 19.3. The minimum atomic E-state index is -2.47. The van der Waals surface area contributed by atoms with Crippen LogP contribution in [0, 0.1) is 0 Å². The number of hydrogen-bond acceptors (Lipinski definition) is 2. The third kappa shape index (κ3) is 3.53. The first-order chi connectivity index (χ1) is 6.94. The Bertz CT molecular complexity index is 251. The minimum absolute atomic E-state index is 0.0240. The smallest absolute Gasteiger partial charge is 0.248 e. The van der Waals surface area contributed by atoms with Crippen molar-refractivity contribution in [2.45, 2.75) is 37.6 Å². The molecule has 86 valence electrons. The van der Waals surface area contributed by atoms with Gasteiger partial charge < -0.3 is 10.6 Å². The molecule has 0 radical (unpaired) electrons. The number of nitrogens with zero attached hydrogens (tertiary/aromatic N) is 1. The monoisotopic (exact) mass is 216 g/mol. The number of allylic oxidation sites excluding steroid dienone is 1. The van der Waals surface area contributed by atoms with Crippen molar-refractivity contribution in [3.63, 3.8) is 0 Å². The maximum absolute atomic E-state index is 12.9. The summed E-state index contributed by atoms with van der Waals surface area (Å²) in [5.74, 6) is -2.47. The van der Waals surface area contributed by atoms with Crippen molar-refractivity contribution < 1.29 is 8.78 Å². The molecule has 1 rings (SSSR count). The normalized spacial score (nSPS) is 22.5. The SMILES string of the molecule is C=C/C(N)=C\N(C)C1CCC(F)(F)CC1. The van der Waals surface area contributed by atoms with Crippen LogP contribution in [-0.2, 0) is 0 Å². The highest BCUT2D eigenvalue weighted by molar-refractivity contribution is 5.11. The zero-order valence-corrected chi connectivity index (χ0v) is 9.05. The Balaban J connectivity index is 2.50. The van der Waals surface area contributed by atoms with Crippen molar-refractivity contribution in [2.75, 3.05) is 7.05 Å². The van der Waals surface area contributed by atoms with E-state index in [1.165, 1.54) is 0 Å². The molecule has 0 amide bonds. The highest BCUT2D eigenvalue weighted by Crippen LogP contribution is 2.34. The first-order valence-corrected chi connectivity index (χ1v) is 5.14. The zero-order chi connectivity index (χ0) is 11.5. The van der Waals surface area contributed by atoms with Gasteiger partial charge in [0.2, 0.25) is 5.92 Å². The molecule has 0 unspecified atom stereocenters. The zero-order valence-electron chi connectivity index (χ0n) is 9.05. The van der Waals surface area contributed by atoms with Crippen molar-refractivity contribution in [1.29, 1.82) is 0 Å². The van der Waals surface area contributed by atoms with Crippen LogP contribution < -0.4 is 5.73 Å². The fourth-order valence-electron chi connectivity index (χ4n) is 1.83. The second-order valence-corrected chi connectivity index (χ2v) is 4.09. The molecule has 0 saturated heterocycles. The molecule has 0 heterocycles. The lowest BCUT2D eigenvalue weighted by molar-refractivity contribution is -0.0476. The van der Waals surface area contributed by atoms with E-state index in [-0.39, 0.29) is 18.9 Å². The van der Waals surface area contributed by atoms with Gasteiger partial charge in [-0.3, -0.25) is 0 Å². The number of halogens is 2. The van der Waals surface area contributed by atoms with E-state index in [2.05, 4.69) is 6.58 Å². The Morgan fingerprint density at radius 3 is 2.47 bits per heavy atom. The van der Waals surface area contributed by atoms with Crippen molar-refractivity contribution in [3.8, 4) is 0 Å². The van der Waals surface area contributed by atoms with Gasteiger partial charge in [-0.15, -0.1) is 0 Å². The summed E-state index contributed by atoms with van der Waals surface area (Å²) in [5.41, 5.74) is 6.15. The second kappa shape index (κ2) is 4.64. The first-order valence-electron chi connectivity index (χ1n) is 5.14. The Kier molecular flexibility index (Phi) is 3.72. The van der Waals surface area contributed by atoms with E-state index in [1.54, 1.807) is 12.3 Å². The molecular formula is C11H18F2N2. The second-order valence-electron chi connectivity index (χ2n) is 4.09. The van der Waals surface area contributed by atoms with E-state index in [4.69, 9.17) is 5.73 Å². The van der Waals surface area contributed by atoms with E-state index in [1.807, 2.05) is 11.9 Å². The molecule has 4 heteroatoms. The molecule has 0 aromatic rings. The van der Waals surface area contributed by atoms with Crippen LogP contribution in [-0.4, -0.2) is 23.9 Å².